The van der Waals surface area contributed by atoms with Crippen LogP contribution in [0.3, 0.4) is 0 Å². The van der Waals surface area contributed by atoms with E-state index in [4.69, 9.17) is 9.29 Å². The Morgan fingerprint density at radius 2 is 1.91 bits per heavy atom. The molecule has 1 aliphatic heterocycles. The minimum atomic E-state index is -3.95. The van der Waals surface area contributed by atoms with Gasteiger partial charge in [0, 0.05) is 19.6 Å². The van der Waals surface area contributed by atoms with E-state index in [2.05, 4.69) is 23.8 Å². The van der Waals surface area contributed by atoms with Crippen LogP contribution < -0.4 is 5.32 Å². The van der Waals surface area contributed by atoms with E-state index in [0.717, 1.165) is 32.4 Å². The van der Waals surface area contributed by atoms with Gasteiger partial charge in [0.05, 0.1) is 19.0 Å². The Kier molecular flexibility index (Phi) is 10.2. The summed E-state index contributed by atoms with van der Waals surface area (Å²) in [6.07, 6.45) is 1.15. The highest BCUT2D eigenvalue weighted by Crippen LogP contribution is 2.11. The van der Waals surface area contributed by atoms with Crippen molar-refractivity contribution in [2.75, 3.05) is 45.6 Å². The molecule has 8 heteroatoms. The maximum Gasteiger partial charge on any atom is 0.265 e. The van der Waals surface area contributed by atoms with Crippen molar-refractivity contribution >= 4 is 16.0 Å². The number of nitrogens with one attached hydrogen (secondary N) is 1. The van der Waals surface area contributed by atoms with Crippen molar-refractivity contribution in [1.82, 2.24) is 10.2 Å². The summed E-state index contributed by atoms with van der Waals surface area (Å²) in [6, 6.07) is 0. The van der Waals surface area contributed by atoms with Gasteiger partial charge in [-0.1, -0.05) is 20.4 Å². The average molecular weight is 336 g/mol. The predicted molar refractivity (Wildman–Crippen MR) is 86.3 cm³/mol. The van der Waals surface area contributed by atoms with Gasteiger partial charge in [0.2, 0.25) is 5.91 Å². The normalized spacial score (nSPS) is 18.5. The number of carbonyl (C=O) groups is 1. The van der Waals surface area contributed by atoms with E-state index in [9.17, 15) is 13.2 Å². The molecule has 1 amide bonds. The van der Waals surface area contributed by atoms with Gasteiger partial charge in [-0.25, -0.2) is 0 Å². The fourth-order valence-corrected chi connectivity index (χ4v) is 2.68. The van der Waals surface area contributed by atoms with E-state index in [-0.39, 0.29) is 23.5 Å². The Morgan fingerprint density at radius 1 is 1.36 bits per heavy atom. The lowest BCUT2D eigenvalue weighted by atomic mass is 9.98. The third-order valence-electron chi connectivity index (χ3n) is 3.46. The Balaban J connectivity index is 0.000000518. The van der Waals surface area contributed by atoms with Crippen LogP contribution in [0.4, 0.5) is 0 Å². The molecule has 1 saturated heterocycles. The maximum absolute atomic E-state index is 10.8. The minimum Gasteiger partial charge on any atom is -0.379 e. The summed E-state index contributed by atoms with van der Waals surface area (Å²) < 4.78 is 34.9. The number of hydrogen-bond acceptors (Lipinski definition) is 5. The van der Waals surface area contributed by atoms with Crippen molar-refractivity contribution < 1.29 is 22.5 Å². The number of rotatable bonds is 6. The molecule has 0 saturated carbocycles. The molecule has 0 bridgehead atoms. The molecule has 130 valence electrons. The molecule has 0 aliphatic carbocycles. The van der Waals surface area contributed by atoms with Crippen LogP contribution in [-0.4, -0.2) is 69.4 Å². The third-order valence-corrected chi connectivity index (χ3v) is 4.41. The molecular formula is C14H28N2O5S. The van der Waals surface area contributed by atoms with Crippen molar-refractivity contribution in [3.05, 3.63) is 12.7 Å². The summed E-state index contributed by atoms with van der Waals surface area (Å²) in [5, 5.41) is 2.57. The van der Waals surface area contributed by atoms with Gasteiger partial charge in [-0.2, -0.15) is 8.42 Å². The molecule has 0 aromatic carbocycles. The minimum absolute atomic E-state index is 0.0316. The van der Waals surface area contributed by atoms with Crippen LogP contribution in [0, 0.1) is 11.8 Å². The van der Waals surface area contributed by atoms with Crippen molar-refractivity contribution in [2.24, 2.45) is 11.8 Å². The smallest absolute Gasteiger partial charge is 0.265 e. The van der Waals surface area contributed by atoms with E-state index in [1.807, 2.05) is 0 Å². The van der Waals surface area contributed by atoms with Crippen LogP contribution in [0.25, 0.3) is 0 Å². The first-order valence-electron chi connectivity index (χ1n) is 7.27. The zero-order valence-corrected chi connectivity index (χ0v) is 14.4. The van der Waals surface area contributed by atoms with Crippen LogP contribution >= 0.6 is 0 Å². The summed E-state index contributed by atoms with van der Waals surface area (Å²) in [4.78, 5) is 13.1. The Morgan fingerprint density at radius 3 is 2.27 bits per heavy atom. The Labute approximate surface area is 133 Å². The molecule has 2 unspecified atom stereocenters. The second kappa shape index (κ2) is 10.7. The summed E-state index contributed by atoms with van der Waals surface area (Å²) >= 11 is 0. The number of likely N-dealkylation sites (N-methyl/N-ethyl adjacent to an activating group) is 1. The molecule has 1 heterocycles. The number of ether oxygens (including phenoxy) is 1. The number of amides is 1. The third kappa shape index (κ3) is 11.7. The lowest BCUT2D eigenvalue weighted by Crippen LogP contribution is -2.32. The molecule has 0 spiro atoms. The maximum atomic E-state index is 10.8. The molecular weight excluding hydrogens is 308 g/mol. The van der Waals surface area contributed by atoms with Crippen molar-refractivity contribution in [1.29, 1.82) is 0 Å². The van der Waals surface area contributed by atoms with Gasteiger partial charge in [-0.15, -0.1) is 0 Å². The lowest BCUT2D eigenvalue weighted by molar-refractivity contribution is -0.116. The summed E-state index contributed by atoms with van der Waals surface area (Å²) in [7, 11) is -1.83. The van der Waals surface area contributed by atoms with E-state index in [1.54, 1.807) is 13.8 Å². The molecule has 7 nitrogen and oxygen atoms in total. The van der Waals surface area contributed by atoms with Gasteiger partial charge < -0.3 is 15.0 Å². The van der Waals surface area contributed by atoms with Gasteiger partial charge in [0.25, 0.3) is 10.1 Å². The molecule has 1 rings (SSSR count). The molecule has 0 aromatic heterocycles. The highest BCUT2D eigenvalue weighted by molar-refractivity contribution is 7.85. The number of morpholine rings is 1. The summed E-state index contributed by atoms with van der Waals surface area (Å²) in [5.74, 6) is -0.833. The molecule has 1 aliphatic rings. The van der Waals surface area contributed by atoms with Gasteiger partial charge in [-0.05, 0) is 25.0 Å². The molecule has 2 N–H and O–H groups in total. The average Bonchev–Trinajstić information content (AvgIpc) is 2.44. The molecule has 0 radical (unpaired) electrons. The number of hydrogen-bond donors (Lipinski definition) is 2. The van der Waals surface area contributed by atoms with E-state index in [1.165, 1.54) is 0 Å². The molecule has 1 fully saturated rings. The molecule has 22 heavy (non-hydrogen) atoms. The van der Waals surface area contributed by atoms with E-state index in [0.29, 0.717) is 6.54 Å². The van der Waals surface area contributed by atoms with Crippen molar-refractivity contribution in [3.8, 4) is 0 Å². The fraction of sp³-hybridized carbons (Fsp3) is 0.786. The van der Waals surface area contributed by atoms with Gasteiger partial charge >= 0.3 is 0 Å². The Hall–Kier alpha value is -0.960. The van der Waals surface area contributed by atoms with Crippen LogP contribution in [0.1, 0.15) is 13.8 Å². The molecule has 2 atom stereocenters. The SMILES string of the molecule is C=CC(=O)NCC(C)C(C)CS(=O)(=O)O.CN1CCOCC1. The van der Waals surface area contributed by atoms with Crippen LogP contribution in [0.5, 0.6) is 0 Å². The second-order valence-electron chi connectivity index (χ2n) is 5.57. The first-order valence-corrected chi connectivity index (χ1v) is 8.88. The zero-order chi connectivity index (χ0) is 17.2. The number of carbonyl (C=O) groups excluding carboxylic acids is 1. The van der Waals surface area contributed by atoms with E-state index < -0.39 is 10.1 Å². The quantitative estimate of drug-likeness (QED) is 0.538. The van der Waals surface area contributed by atoms with Crippen LogP contribution in [-0.2, 0) is 19.6 Å². The fourth-order valence-electron chi connectivity index (χ4n) is 1.69. The lowest BCUT2D eigenvalue weighted by Gasteiger charge is -2.21. The van der Waals surface area contributed by atoms with Gasteiger partial charge in [0.1, 0.15) is 0 Å². The molecule has 0 aromatic rings. The first-order chi connectivity index (χ1) is 10.2. The predicted octanol–water partition coefficient (Wildman–Crippen LogP) is 0.397. The summed E-state index contributed by atoms with van der Waals surface area (Å²) in [5.41, 5.74) is 0. The largest absolute Gasteiger partial charge is 0.379 e. The van der Waals surface area contributed by atoms with Crippen LogP contribution in [0.2, 0.25) is 0 Å². The second-order valence-corrected chi connectivity index (χ2v) is 7.07. The van der Waals surface area contributed by atoms with Crippen molar-refractivity contribution in [3.63, 3.8) is 0 Å². The number of nitrogens with zero attached hydrogens (tertiary/aromatic N) is 1. The first kappa shape index (κ1) is 21.0. The Bertz CT molecular complexity index is 433. The zero-order valence-electron chi connectivity index (χ0n) is 13.6. The standard InChI is InChI=1S/C9H17NO4S.C5H11NO/c1-4-9(11)10-5-7(2)8(3)6-15(12,13)14;1-6-2-4-7-5-3-6/h4,7-8H,1,5-6H2,2-3H3,(H,10,11)(H,12,13,14);2-5H2,1H3. The highest BCUT2D eigenvalue weighted by atomic mass is 32.2. The van der Waals surface area contributed by atoms with Gasteiger partial charge in [0.15, 0.2) is 0 Å². The summed E-state index contributed by atoms with van der Waals surface area (Å²) in [6.45, 7) is 11.2. The van der Waals surface area contributed by atoms with Crippen molar-refractivity contribution in [2.45, 2.75) is 13.8 Å². The van der Waals surface area contributed by atoms with Gasteiger partial charge in [-0.3, -0.25) is 9.35 Å². The van der Waals surface area contributed by atoms with E-state index >= 15 is 0 Å². The topological polar surface area (TPSA) is 95.9 Å². The highest BCUT2D eigenvalue weighted by Gasteiger charge is 2.18. The monoisotopic (exact) mass is 336 g/mol. The van der Waals surface area contributed by atoms with Crippen LogP contribution in [0.15, 0.2) is 12.7 Å².